The minimum absolute atomic E-state index is 0.212. The third-order valence-corrected chi connectivity index (χ3v) is 7.72. The first-order valence-corrected chi connectivity index (χ1v) is 11.8. The summed E-state index contributed by atoms with van der Waals surface area (Å²) in [7, 11) is 1.56. The van der Waals surface area contributed by atoms with Crippen molar-refractivity contribution >= 4 is 56.9 Å². The molecule has 2 amide bonds. The molecule has 2 aromatic rings. The second-order valence-corrected chi connectivity index (χ2v) is 9.45. The van der Waals surface area contributed by atoms with Gasteiger partial charge in [-0.2, -0.15) is 0 Å². The SMILES string of the molecule is COc1ccc(C(N)C(=O)N[C@@H]2C(=O)N3C(C(=O)O)=C(COC(C)=O)CS[C@@H]23)c2ccsc12. The largest absolute Gasteiger partial charge is 0.495 e. The van der Waals surface area contributed by atoms with E-state index in [0.717, 1.165) is 15.0 Å². The molecule has 10 nitrogen and oxygen atoms in total. The highest BCUT2D eigenvalue weighted by atomic mass is 32.2. The first-order valence-electron chi connectivity index (χ1n) is 9.88. The second kappa shape index (κ2) is 9.04. The number of rotatable bonds is 7. The zero-order valence-electron chi connectivity index (χ0n) is 17.7. The van der Waals surface area contributed by atoms with Crippen LogP contribution >= 0.6 is 23.1 Å². The van der Waals surface area contributed by atoms with Crippen molar-refractivity contribution in [1.29, 1.82) is 0 Å². The summed E-state index contributed by atoms with van der Waals surface area (Å²) >= 11 is 2.75. The number of amides is 2. The van der Waals surface area contributed by atoms with Gasteiger partial charge in [0.05, 0.1) is 11.8 Å². The van der Waals surface area contributed by atoms with Crippen LogP contribution in [-0.4, -0.2) is 64.6 Å². The molecule has 4 rings (SSSR count). The quantitative estimate of drug-likeness (QED) is 0.384. The van der Waals surface area contributed by atoms with Crippen molar-refractivity contribution in [1.82, 2.24) is 10.2 Å². The van der Waals surface area contributed by atoms with Crippen LogP contribution in [0.15, 0.2) is 34.8 Å². The van der Waals surface area contributed by atoms with Gasteiger partial charge in [-0.3, -0.25) is 19.3 Å². The van der Waals surface area contributed by atoms with Crippen LogP contribution in [0.2, 0.25) is 0 Å². The molecule has 0 bridgehead atoms. The number of carboxylic acids is 1. The van der Waals surface area contributed by atoms with Gasteiger partial charge in [-0.05, 0) is 23.1 Å². The van der Waals surface area contributed by atoms with Gasteiger partial charge in [-0.15, -0.1) is 23.1 Å². The average Bonchev–Trinajstić information content (AvgIpc) is 3.29. The molecular formula is C21H21N3O7S2. The summed E-state index contributed by atoms with van der Waals surface area (Å²) in [6.07, 6.45) is 0. The third-order valence-electron chi connectivity index (χ3n) is 5.45. The maximum absolute atomic E-state index is 12.9. The van der Waals surface area contributed by atoms with Crippen LogP contribution in [0.3, 0.4) is 0 Å². The number of carbonyl (C=O) groups is 4. The molecule has 3 atom stereocenters. The van der Waals surface area contributed by atoms with Gasteiger partial charge in [0.15, 0.2) is 0 Å². The van der Waals surface area contributed by atoms with Gasteiger partial charge >= 0.3 is 11.9 Å². The smallest absolute Gasteiger partial charge is 0.352 e. The van der Waals surface area contributed by atoms with Crippen LogP contribution in [0.5, 0.6) is 5.75 Å². The Morgan fingerprint density at radius 1 is 1.33 bits per heavy atom. The number of nitrogens with two attached hydrogens (primary N) is 1. The number of aliphatic carboxylic acids is 1. The summed E-state index contributed by atoms with van der Waals surface area (Å²) in [5.41, 5.74) is 6.94. The zero-order chi connectivity index (χ0) is 23.9. The lowest BCUT2D eigenvalue weighted by molar-refractivity contribution is -0.151. The first-order chi connectivity index (χ1) is 15.7. The molecule has 0 saturated carbocycles. The predicted molar refractivity (Wildman–Crippen MR) is 122 cm³/mol. The van der Waals surface area contributed by atoms with E-state index in [2.05, 4.69) is 5.32 Å². The number of ether oxygens (including phenoxy) is 2. The van der Waals surface area contributed by atoms with E-state index < -0.39 is 41.2 Å². The molecule has 1 saturated heterocycles. The number of hydrogen-bond donors (Lipinski definition) is 3. The Labute approximate surface area is 196 Å². The average molecular weight is 492 g/mol. The summed E-state index contributed by atoms with van der Waals surface area (Å²) in [6.45, 7) is 1.01. The van der Waals surface area contributed by atoms with E-state index >= 15 is 0 Å². The number of hydrogen-bond acceptors (Lipinski definition) is 9. The summed E-state index contributed by atoms with van der Waals surface area (Å²) in [6, 6.07) is 3.37. The van der Waals surface area contributed by atoms with E-state index in [4.69, 9.17) is 15.2 Å². The van der Waals surface area contributed by atoms with Gasteiger partial charge in [0.2, 0.25) is 5.91 Å². The summed E-state index contributed by atoms with van der Waals surface area (Å²) in [4.78, 5) is 49.7. The van der Waals surface area contributed by atoms with Crippen molar-refractivity contribution in [2.24, 2.45) is 5.73 Å². The van der Waals surface area contributed by atoms with Crippen molar-refractivity contribution < 1.29 is 33.8 Å². The molecule has 2 aliphatic heterocycles. The summed E-state index contributed by atoms with van der Waals surface area (Å²) in [5, 5.41) is 14.4. The summed E-state index contributed by atoms with van der Waals surface area (Å²) in [5.74, 6) is -2.02. The number of thiophene rings is 1. The lowest BCUT2D eigenvalue weighted by Gasteiger charge is -2.49. The molecule has 0 aliphatic carbocycles. The van der Waals surface area contributed by atoms with E-state index in [0.29, 0.717) is 16.9 Å². The third kappa shape index (κ3) is 4.05. The van der Waals surface area contributed by atoms with Crippen molar-refractivity contribution in [3.05, 3.63) is 40.4 Å². The van der Waals surface area contributed by atoms with E-state index in [1.165, 1.54) is 30.0 Å². The highest BCUT2D eigenvalue weighted by molar-refractivity contribution is 8.00. The molecule has 1 aromatic carbocycles. The van der Waals surface area contributed by atoms with Crippen LogP contribution in [0.25, 0.3) is 10.1 Å². The van der Waals surface area contributed by atoms with Gasteiger partial charge in [-0.1, -0.05) is 6.07 Å². The van der Waals surface area contributed by atoms with Crippen molar-refractivity contribution in [2.45, 2.75) is 24.4 Å². The Balaban J connectivity index is 1.51. The van der Waals surface area contributed by atoms with Crippen molar-refractivity contribution in [3.8, 4) is 5.75 Å². The number of methoxy groups -OCH3 is 1. The fourth-order valence-corrected chi connectivity index (χ4v) is 6.11. The maximum atomic E-state index is 12.9. The number of benzene rings is 1. The Morgan fingerprint density at radius 2 is 2.09 bits per heavy atom. The Kier molecular flexibility index (Phi) is 6.32. The van der Waals surface area contributed by atoms with E-state index in [1.807, 2.05) is 11.4 Å². The predicted octanol–water partition coefficient (Wildman–Crippen LogP) is 1.21. The Hall–Kier alpha value is -3.09. The number of carbonyl (C=O) groups excluding carboxylic acids is 3. The topological polar surface area (TPSA) is 148 Å². The number of nitrogens with zero attached hydrogens (tertiary/aromatic N) is 1. The second-order valence-electron chi connectivity index (χ2n) is 7.43. The Morgan fingerprint density at radius 3 is 2.76 bits per heavy atom. The van der Waals surface area contributed by atoms with Gasteiger partial charge < -0.3 is 25.6 Å². The van der Waals surface area contributed by atoms with Crippen LogP contribution in [0, 0.1) is 0 Å². The molecule has 1 aromatic heterocycles. The number of carboxylic acid groups (broad SMARTS) is 1. The van der Waals surface area contributed by atoms with Crippen molar-refractivity contribution in [2.75, 3.05) is 19.5 Å². The molecule has 3 heterocycles. The fraction of sp³-hybridized carbons (Fsp3) is 0.333. The fourth-order valence-electron chi connectivity index (χ4n) is 3.86. The minimum Gasteiger partial charge on any atom is -0.495 e. The monoisotopic (exact) mass is 491 g/mol. The van der Waals surface area contributed by atoms with E-state index in [-0.39, 0.29) is 18.1 Å². The van der Waals surface area contributed by atoms with E-state index in [9.17, 15) is 24.3 Å². The molecule has 1 fully saturated rings. The van der Waals surface area contributed by atoms with Gasteiger partial charge in [0.1, 0.15) is 35.5 Å². The lowest BCUT2D eigenvalue weighted by Crippen LogP contribution is -2.71. The van der Waals surface area contributed by atoms with Gasteiger partial charge in [0.25, 0.3) is 5.91 Å². The van der Waals surface area contributed by atoms with E-state index in [1.54, 1.807) is 19.2 Å². The highest BCUT2D eigenvalue weighted by Gasteiger charge is 2.54. The summed E-state index contributed by atoms with van der Waals surface area (Å²) < 4.78 is 11.1. The normalized spacial score (nSPS) is 20.7. The van der Waals surface area contributed by atoms with Crippen LogP contribution in [0.1, 0.15) is 18.5 Å². The minimum atomic E-state index is -1.30. The highest BCUT2D eigenvalue weighted by Crippen LogP contribution is 2.41. The molecule has 0 spiro atoms. The molecule has 1 unspecified atom stereocenters. The number of β-lactam (4-membered cyclic amide) rings is 1. The number of esters is 1. The van der Waals surface area contributed by atoms with Crippen LogP contribution < -0.4 is 15.8 Å². The Bertz CT molecular complexity index is 1190. The molecule has 33 heavy (non-hydrogen) atoms. The number of nitrogens with one attached hydrogen (secondary N) is 1. The lowest BCUT2D eigenvalue weighted by atomic mass is 9.99. The van der Waals surface area contributed by atoms with Crippen LogP contribution in [-0.2, 0) is 23.9 Å². The molecular weight excluding hydrogens is 470 g/mol. The standard InChI is InChI=1S/C21H21N3O7S2/c1-9(25)31-7-10-8-33-20-15(19(27)24(20)16(10)21(28)29)23-18(26)14(22)11-3-4-13(30-2)17-12(11)5-6-32-17/h3-6,14-15,20H,7-8,22H2,1-2H3,(H,23,26)(H,28,29)/t14?,15-,20+/m1/s1. The molecule has 0 radical (unpaired) electrons. The molecule has 174 valence electrons. The first kappa shape index (κ1) is 23.1. The van der Waals surface area contributed by atoms with Gasteiger partial charge in [-0.25, -0.2) is 4.79 Å². The maximum Gasteiger partial charge on any atom is 0.352 e. The van der Waals surface area contributed by atoms with Crippen LogP contribution in [0.4, 0.5) is 0 Å². The number of thioether (sulfide) groups is 1. The zero-order valence-corrected chi connectivity index (χ0v) is 19.3. The molecule has 2 aliphatic rings. The van der Waals surface area contributed by atoms with Crippen molar-refractivity contribution in [3.63, 3.8) is 0 Å². The number of fused-ring (bicyclic) bond motifs is 2. The molecule has 4 N–H and O–H groups in total. The van der Waals surface area contributed by atoms with Gasteiger partial charge in [0, 0.05) is 23.6 Å². The molecule has 12 heteroatoms.